The lowest BCUT2D eigenvalue weighted by atomic mass is 10.1. The number of nitrogens with one attached hydrogen (secondary N) is 1. The van der Waals surface area contributed by atoms with Gasteiger partial charge >= 0.3 is 0 Å². The zero-order valence-electron chi connectivity index (χ0n) is 12.2. The van der Waals surface area contributed by atoms with E-state index in [0.717, 1.165) is 11.1 Å². The van der Waals surface area contributed by atoms with Crippen LogP contribution in [0.15, 0.2) is 52.2 Å². The Morgan fingerprint density at radius 1 is 1.26 bits per heavy atom. The fourth-order valence-electron chi connectivity index (χ4n) is 2.22. The molecular weight excluding hydrogens is 316 g/mol. The molecule has 0 atom stereocenters. The Morgan fingerprint density at radius 2 is 2.00 bits per heavy atom. The van der Waals surface area contributed by atoms with Crippen LogP contribution in [0.3, 0.4) is 0 Å². The number of aromatic hydroxyl groups is 1. The van der Waals surface area contributed by atoms with Crippen molar-refractivity contribution in [3.05, 3.63) is 64.4 Å². The lowest BCUT2D eigenvalue weighted by Gasteiger charge is -2.04. The number of phenolic OH excluding ortho intramolecular Hbond substituents is 1. The van der Waals surface area contributed by atoms with Crippen LogP contribution in [0.5, 0.6) is 5.75 Å². The number of phenols is 1. The molecule has 2 aromatic carbocycles. The van der Waals surface area contributed by atoms with Gasteiger partial charge in [0.15, 0.2) is 0 Å². The van der Waals surface area contributed by atoms with Crippen LogP contribution in [0.1, 0.15) is 21.5 Å². The number of halogens is 1. The first kappa shape index (κ1) is 15.1. The van der Waals surface area contributed by atoms with E-state index in [-0.39, 0.29) is 11.3 Å². The van der Waals surface area contributed by atoms with Gasteiger partial charge in [0.25, 0.3) is 5.91 Å². The molecule has 5 nitrogen and oxygen atoms in total. The van der Waals surface area contributed by atoms with Crippen molar-refractivity contribution in [2.75, 3.05) is 0 Å². The molecule has 1 heterocycles. The van der Waals surface area contributed by atoms with Gasteiger partial charge in [-0.05, 0) is 42.3 Å². The fourth-order valence-corrected chi connectivity index (χ4v) is 2.35. The monoisotopic (exact) mass is 328 g/mol. The van der Waals surface area contributed by atoms with Crippen molar-refractivity contribution in [3.63, 3.8) is 0 Å². The van der Waals surface area contributed by atoms with Crippen molar-refractivity contribution in [2.24, 2.45) is 5.10 Å². The summed E-state index contributed by atoms with van der Waals surface area (Å²) in [6.07, 6.45) is 3.03. The largest absolute Gasteiger partial charge is 0.506 e. The van der Waals surface area contributed by atoms with Crippen LogP contribution in [0.4, 0.5) is 0 Å². The summed E-state index contributed by atoms with van der Waals surface area (Å²) in [5, 5.41) is 15.3. The highest BCUT2D eigenvalue weighted by Gasteiger charge is 2.16. The number of hydrogen-bond acceptors (Lipinski definition) is 4. The van der Waals surface area contributed by atoms with E-state index in [1.54, 1.807) is 37.3 Å². The Kier molecular flexibility index (Phi) is 4.04. The average Bonchev–Trinajstić information content (AvgIpc) is 2.91. The van der Waals surface area contributed by atoms with Crippen LogP contribution in [0.2, 0.25) is 5.02 Å². The van der Waals surface area contributed by atoms with Crippen molar-refractivity contribution < 1.29 is 14.3 Å². The number of amides is 1. The highest BCUT2D eigenvalue weighted by atomic mass is 35.5. The van der Waals surface area contributed by atoms with Gasteiger partial charge in [-0.15, -0.1) is 0 Å². The number of benzene rings is 2. The third-order valence-corrected chi connectivity index (χ3v) is 3.64. The lowest BCUT2D eigenvalue weighted by molar-refractivity contribution is 0.0952. The van der Waals surface area contributed by atoms with Crippen molar-refractivity contribution in [1.82, 2.24) is 5.43 Å². The average molecular weight is 329 g/mol. The van der Waals surface area contributed by atoms with Crippen LogP contribution in [-0.4, -0.2) is 17.2 Å². The molecule has 0 aliphatic rings. The lowest BCUT2D eigenvalue weighted by Crippen LogP contribution is -2.17. The molecule has 2 N–H and O–H groups in total. The number of aryl methyl sites for hydroxylation is 1. The Hall–Kier alpha value is -2.79. The van der Waals surface area contributed by atoms with Crippen LogP contribution >= 0.6 is 11.6 Å². The maximum atomic E-state index is 12.2. The molecule has 1 aromatic heterocycles. The summed E-state index contributed by atoms with van der Waals surface area (Å²) in [5.41, 5.74) is 4.60. The molecule has 3 aromatic rings. The van der Waals surface area contributed by atoms with E-state index in [1.807, 2.05) is 0 Å². The summed E-state index contributed by atoms with van der Waals surface area (Å²) < 4.78 is 5.28. The Morgan fingerprint density at radius 3 is 2.74 bits per heavy atom. The summed E-state index contributed by atoms with van der Waals surface area (Å²) in [5.74, 6) is -0.622. The van der Waals surface area contributed by atoms with E-state index < -0.39 is 5.91 Å². The third-order valence-electron chi connectivity index (χ3n) is 3.39. The standard InChI is InChI=1S/C17H13ClN2O3/c1-10-9-23-14-7-6-13(16(21)15(10)14)17(22)20-19-8-11-2-4-12(18)5-3-11/h2-9,21H,1H3,(H,20,22)/b19-8+. The molecule has 0 fully saturated rings. The molecule has 0 unspecified atom stereocenters. The van der Waals surface area contributed by atoms with Gasteiger partial charge in [0.05, 0.1) is 23.4 Å². The summed E-state index contributed by atoms with van der Waals surface area (Å²) in [6.45, 7) is 1.80. The van der Waals surface area contributed by atoms with Gasteiger partial charge in [0, 0.05) is 5.02 Å². The molecule has 116 valence electrons. The number of furan rings is 1. The van der Waals surface area contributed by atoms with Gasteiger partial charge in [-0.25, -0.2) is 5.43 Å². The van der Waals surface area contributed by atoms with Crippen LogP contribution < -0.4 is 5.43 Å². The summed E-state index contributed by atoms with van der Waals surface area (Å²) in [4.78, 5) is 12.2. The Labute approximate surface area is 137 Å². The topological polar surface area (TPSA) is 74.8 Å². The minimum Gasteiger partial charge on any atom is -0.506 e. The van der Waals surface area contributed by atoms with Gasteiger partial charge in [-0.1, -0.05) is 23.7 Å². The molecular formula is C17H13ClN2O3. The molecule has 0 radical (unpaired) electrons. The van der Waals surface area contributed by atoms with Crippen LogP contribution in [0, 0.1) is 6.92 Å². The van der Waals surface area contributed by atoms with Crippen LogP contribution in [-0.2, 0) is 0 Å². The molecule has 0 saturated heterocycles. The van der Waals surface area contributed by atoms with Crippen LogP contribution in [0.25, 0.3) is 11.0 Å². The van der Waals surface area contributed by atoms with Gasteiger partial charge in [0.2, 0.25) is 0 Å². The normalized spacial score (nSPS) is 11.2. The number of hydrazone groups is 1. The van der Waals surface area contributed by atoms with E-state index in [4.69, 9.17) is 16.0 Å². The second-order valence-corrected chi connectivity index (χ2v) is 5.44. The predicted octanol–water partition coefficient (Wildman–Crippen LogP) is 3.86. The molecule has 6 heteroatoms. The predicted molar refractivity (Wildman–Crippen MR) is 89.1 cm³/mol. The number of carbonyl (C=O) groups is 1. The first-order valence-corrected chi connectivity index (χ1v) is 7.23. The third kappa shape index (κ3) is 3.05. The maximum Gasteiger partial charge on any atom is 0.275 e. The zero-order valence-corrected chi connectivity index (χ0v) is 13.0. The maximum absolute atomic E-state index is 12.2. The second kappa shape index (κ2) is 6.14. The number of hydrogen-bond donors (Lipinski definition) is 2. The summed E-state index contributed by atoms with van der Waals surface area (Å²) >= 11 is 5.80. The minimum absolute atomic E-state index is 0.118. The fraction of sp³-hybridized carbons (Fsp3) is 0.0588. The Bertz CT molecular complexity index is 898. The van der Waals surface area contributed by atoms with Gasteiger partial charge in [-0.3, -0.25) is 4.79 Å². The molecule has 23 heavy (non-hydrogen) atoms. The van der Waals surface area contributed by atoms with E-state index >= 15 is 0 Å². The molecule has 0 aliphatic carbocycles. The number of carbonyl (C=O) groups excluding carboxylic acids is 1. The summed E-state index contributed by atoms with van der Waals surface area (Å²) in [7, 11) is 0. The highest BCUT2D eigenvalue weighted by molar-refractivity contribution is 6.30. The number of rotatable bonds is 3. The molecule has 1 amide bonds. The van der Waals surface area contributed by atoms with E-state index in [9.17, 15) is 9.90 Å². The number of nitrogens with zero attached hydrogens (tertiary/aromatic N) is 1. The van der Waals surface area contributed by atoms with Gasteiger partial charge in [-0.2, -0.15) is 5.10 Å². The SMILES string of the molecule is Cc1coc2ccc(C(=O)N/N=C/c3ccc(Cl)cc3)c(O)c12. The van der Waals surface area contributed by atoms with Crippen molar-refractivity contribution >= 4 is 34.7 Å². The first-order chi connectivity index (χ1) is 11.1. The molecule has 0 bridgehead atoms. The van der Waals surface area contributed by atoms with Crippen molar-refractivity contribution in [1.29, 1.82) is 0 Å². The molecule has 0 aliphatic heterocycles. The molecule has 3 rings (SSSR count). The highest BCUT2D eigenvalue weighted by Crippen LogP contribution is 2.32. The van der Waals surface area contributed by atoms with E-state index in [1.165, 1.54) is 18.5 Å². The Balaban J connectivity index is 1.79. The minimum atomic E-state index is -0.504. The molecule has 0 spiro atoms. The van der Waals surface area contributed by atoms with Crippen molar-refractivity contribution in [2.45, 2.75) is 6.92 Å². The first-order valence-electron chi connectivity index (χ1n) is 6.85. The smallest absolute Gasteiger partial charge is 0.275 e. The van der Waals surface area contributed by atoms with E-state index in [2.05, 4.69) is 10.5 Å². The van der Waals surface area contributed by atoms with E-state index in [0.29, 0.717) is 16.0 Å². The zero-order chi connectivity index (χ0) is 16.4. The van der Waals surface area contributed by atoms with Gasteiger partial charge in [0.1, 0.15) is 11.3 Å². The summed E-state index contributed by atoms with van der Waals surface area (Å²) in [6, 6.07) is 10.1. The number of fused-ring (bicyclic) bond motifs is 1. The van der Waals surface area contributed by atoms with Gasteiger partial charge < -0.3 is 9.52 Å². The quantitative estimate of drug-likeness (QED) is 0.566. The second-order valence-electron chi connectivity index (χ2n) is 5.00. The molecule has 0 saturated carbocycles. The van der Waals surface area contributed by atoms with Crippen molar-refractivity contribution in [3.8, 4) is 5.75 Å².